The number of benzene rings is 2. The predicted octanol–water partition coefficient (Wildman–Crippen LogP) is 3.85. The Bertz CT molecular complexity index is 1160. The van der Waals surface area contributed by atoms with Crippen molar-refractivity contribution in [1.82, 2.24) is 4.90 Å². The minimum atomic E-state index is -3.65. The van der Waals surface area contributed by atoms with Crippen LogP contribution in [0.4, 0.5) is 5.69 Å². The van der Waals surface area contributed by atoms with Crippen molar-refractivity contribution in [3.05, 3.63) is 60.2 Å². The summed E-state index contributed by atoms with van der Waals surface area (Å²) in [5, 5.41) is 2.81. The number of hydrogen-bond acceptors (Lipinski definition) is 5. The van der Waals surface area contributed by atoms with Crippen LogP contribution >= 0.6 is 11.8 Å². The molecule has 8 heteroatoms. The molecule has 0 unspecified atom stereocenters. The van der Waals surface area contributed by atoms with Crippen molar-refractivity contribution in [3.8, 4) is 0 Å². The van der Waals surface area contributed by atoms with Gasteiger partial charge in [-0.15, -0.1) is 11.8 Å². The third kappa shape index (κ3) is 5.07. The number of rotatable bonds is 5. The van der Waals surface area contributed by atoms with Gasteiger partial charge in [-0.05, 0) is 35.8 Å². The minimum absolute atomic E-state index is 0.0634. The second-order valence-electron chi connectivity index (χ2n) is 8.11. The van der Waals surface area contributed by atoms with Gasteiger partial charge in [-0.1, -0.05) is 43.3 Å². The highest BCUT2D eigenvalue weighted by Gasteiger charge is 2.25. The standard InChI is InChI=1S/C24H26N2O4S2/c1-17-16-31-22-8-7-20(15-21(22)25-24(17)28)32(29,30)14-11-23(27)26-12-9-19(10-13-26)18-5-3-2-4-6-18/h2-9,15,17H,10-14,16H2,1H3,(H,25,28)/t17-/m1/s1. The summed E-state index contributed by atoms with van der Waals surface area (Å²) in [5.41, 5.74) is 2.89. The van der Waals surface area contributed by atoms with Crippen LogP contribution in [0.25, 0.3) is 5.57 Å². The average molecular weight is 471 g/mol. The molecule has 2 aromatic rings. The van der Waals surface area contributed by atoms with Gasteiger partial charge in [0.2, 0.25) is 11.8 Å². The molecule has 168 valence electrons. The summed E-state index contributed by atoms with van der Waals surface area (Å²) in [7, 11) is -3.65. The number of nitrogens with zero attached hydrogens (tertiary/aromatic N) is 1. The lowest BCUT2D eigenvalue weighted by atomic mass is 9.99. The van der Waals surface area contributed by atoms with E-state index in [0.29, 0.717) is 24.5 Å². The van der Waals surface area contributed by atoms with Gasteiger partial charge < -0.3 is 10.2 Å². The van der Waals surface area contributed by atoms with E-state index >= 15 is 0 Å². The van der Waals surface area contributed by atoms with Gasteiger partial charge >= 0.3 is 0 Å². The molecule has 0 aromatic heterocycles. The number of fused-ring (bicyclic) bond motifs is 1. The van der Waals surface area contributed by atoms with Crippen LogP contribution < -0.4 is 5.32 Å². The molecular formula is C24H26N2O4S2. The van der Waals surface area contributed by atoms with Gasteiger partial charge in [-0.25, -0.2) is 8.42 Å². The van der Waals surface area contributed by atoms with Crippen LogP contribution in [0.15, 0.2) is 64.4 Å². The summed E-state index contributed by atoms with van der Waals surface area (Å²) in [6.07, 6.45) is 2.73. The average Bonchev–Trinajstić information content (AvgIpc) is 2.95. The smallest absolute Gasteiger partial charge is 0.228 e. The van der Waals surface area contributed by atoms with Crippen molar-refractivity contribution in [2.75, 3.05) is 29.9 Å². The SMILES string of the molecule is C[C@@H]1CSc2ccc(S(=O)(=O)CCC(=O)N3CC=C(c4ccccc4)CC3)cc2NC1=O. The lowest BCUT2D eigenvalue weighted by Gasteiger charge is -2.26. The molecule has 0 fully saturated rings. The third-order valence-electron chi connectivity index (χ3n) is 5.80. The number of sulfone groups is 1. The van der Waals surface area contributed by atoms with Crippen molar-refractivity contribution < 1.29 is 18.0 Å². The first kappa shape index (κ1) is 22.6. The quantitative estimate of drug-likeness (QED) is 0.718. The zero-order valence-electron chi connectivity index (χ0n) is 17.9. The molecule has 0 bridgehead atoms. The van der Waals surface area contributed by atoms with Gasteiger partial charge in [0.15, 0.2) is 9.84 Å². The molecular weight excluding hydrogens is 444 g/mol. The Morgan fingerprint density at radius 1 is 1.19 bits per heavy atom. The maximum absolute atomic E-state index is 12.9. The topological polar surface area (TPSA) is 83.6 Å². The van der Waals surface area contributed by atoms with Crippen LogP contribution in [-0.4, -0.2) is 49.7 Å². The fourth-order valence-electron chi connectivity index (χ4n) is 3.78. The number of amides is 2. The van der Waals surface area contributed by atoms with Crippen molar-refractivity contribution in [2.45, 2.75) is 29.6 Å². The molecule has 4 rings (SSSR count). The molecule has 2 amide bonds. The van der Waals surface area contributed by atoms with Gasteiger partial charge in [0.05, 0.1) is 16.3 Å². The van der Waals surface area contributed by atoms with Crippen LogP contribution in [0.1, 0.15) is 25.3 Å². The maximum atomic E-state index is 12.9. The Hall–Kier alpha value is -2.58. The second kappa shape index (κ2) is 9.50. The van der Waals surface area contributed by atoms with Gasteiger partial charge in [0.25, 0.3) is 0 Å². The predicted molar refractivity (Wildman–Crippen MR) is 127 cm³/mol. The van der Waals surface area contributed by atoms with Gasteiger partial charge in [-0.3, -0.25) is 9.59 Å². The first-order chi connectivity index (χ1) is 15.3. The van der Waals surface area contributed by atoms with E-state index in [1.54, 1.807) is 17.0 Å². The highest BCUT2D eigenvalue weighted by Crippen LogP contribution is 2.34. The Morgan fingerprint density at radius 3 is 2.69 bits per heavy atom. The van der Waals surface area contributed by atoms with Gasteiger partial charge in [0, 0.05) is 36.1 Å². The second-order valence-corrected chi connectivity index (χ2v) is 11.3. The Labute approximate surface area is 193 Å². The fourth-order valence-corrected chi connectivity index (χ4v) is 6.04. The molecule has 0 radical (unpaired) electrons. The summed E-state index contributed by atoms with van der Waals surface area (Å²) in [6.45, 7) is 2.92. The van der Waals surface area contributed by atoms with Crippen LogP contribution in [0, 0.1) is 5.92 Å². The Morgan fingerprint density at radius 2 is 1.97 bits per heavy atom. The highest BCUT2D eigenvalue weighted by molar-refractivity contribution is 7.99. The summed E-state index contributed by atoms with van der Waals surface area (Å²) < 4.78 is 25.7. The number of thioether (sulfide) groups is 1. The highest BCUT2D eigenvalue weighted by atomic mass is 32.2. The first-order valence-electron chi connectivity index (χ1n) is 10.7. The van der Waals surface area contributed by atoms with E-state index in [0.717, 1.165) is 16.9 Å². The van der Waals surface area contributed by atoms with Crippen molar-refractivity contribution in [2.24, 2.45) is 5.92 Å². The van der Waals surface area contributed by atoms with Crippen LogP contribution in [0.3, 0.4) is 0 Å². The number of hydrogen-bond donors (Lipinski definition) is 1. The van der Waals surface area contributed by atoms with E-state index in [-0.39, 0.29) is 34.8 Å². The first-order valence-corrected chi connectivity index (χ1v) is 13.3. The third-order valence-corrected chi connectivity index (χ3v) is 8.84. The molecule has 0 saturated heterocycles. The Kier molecular flexibility index (Phi) is 6.71. The normalized spacial score (nSPS) is 18.9. The molecule has 1 atom stereocenters. The maximum Gasteiger partial charge on any atom is 0.228 e. The number of carbonyl (C=O) groups is 2. The van der Waals surface area contributed by atoms with Crippen molar-refractivity contribution >= 4 is 44.7 Å². The zero-order chi connectivity index (χ0) is 22.7. The molecule has 0 saturated carbocycles. The summed E-state index contributed by atoms with van der Waals surface area (Å²) in [6, 6.07) is 14.9. The van der Waals surface area contributed by atoms with E-state index < -0.39 is 9.84 Å². The van der Waals surface area contributed by atoms with E-state index in [1.807, 2.05) is 31.2 Å². The van der Waals surface area contributed by atoms with E-state index in [9.17, 15) is 18.0 Å². The van der Waals surface area contributed by atoms with Crippen molar-refractivity contribution in [3.63, 3.8) is 0 Å². The molecule has 2 heterocycles. The largest absolute Gasteiger partial charge is 0.339 e. The summed E-state index contributed by atoms with van der Waals surface area (Å²) in [4.78, 5) is 27.4. The van der Waals surface area contributed by atoms with Gasteiger partial charge in [-0.2, -0.15) is 0 Å². The number of carbonyl (C=O) groups excluding carboxylic acids is 2. The molecule has 0 spiro atoms. The summed E-state index contributed by atoms with van der Waals surface area (Å²) >= 11 is 1.53. The molecule has 0 aliphatic carbocycles. The molecule has 6 nitrogen and oxygen atoms in total. The minimum Gasteiger partial charge on any atom is -0.339 e. The molecule has 2 aliphatic rings. The van der Waals surface area contributed by atoms with Crippen LogP contribution in [0.2, 0.25) is 0 Å². The lowest BCUT2D eigenvalue weighted by Crippen LogP contribution is -2.35. The summed E-state index contributed by atoms with van der Waals surface area (Å²) in [5.74, 6) is -0.0340. The molecule has 1 N–H and O–H groups in total. The zero-order valence-corrected chi connectivity index (χ0v) is 19.5. The van der Waals surface area contributed by atoms with E-state index in [4.69, 9.17) is 0 Å². The number of nitrogens with one attached hydrogen (secondary N) is 1. The van der Waals surface area contributed by atoms with Gasteiger partial charge in [0.1, 0.15) is 0 Å². The monoisotopic (exact) mass is 470 g/mol. The van der Waals surface area contributed by atoms with Crippen LogP contribution in [-0.2, 0) is 19.4 Å². The van der Waals surface area contributed by atoms with Crippen LogP contribution in [0.5, 0.6) is 0 Å². The van der Waals surface area contributed by atoms with E-state index in [2.05, 4.69) is 17.4 Å². The fraction of sp³-hybridized carbons (Fsp3) is 0.333. The Balaban J connectivity index is 1.38. The molecule has 2 aromatic carbocycles. The van der Waals surface area contributed by atoms with Crippen molar-refractivity contribution in [1.29, 1.82) is 0 Å². The molecule has 2 aliphatic heterocycles. The number of anilines is 1. The molecule has 32 heavy (non-hydrogen) atoms. The lowest BCUT2D eigenvalue weighted by molar-refractivity contribution is -0.130. The van der Waals surface area contributed by atoms with E-state index in [1.165, 1.54) is 23.4 Å².